The molecule has 0 amide bonds. The van der Waals surface area contributed by atoms with Crippen LogP contribution in [0.25, 0.3) is 6.08 Å². The zero-order valence-corrected chi connectivity index (χ0v) is 30.2. The Balaban J connectivity index is 1.59. The van der Waals surface area contributed by atoms with Crippen LogP contribution in [-0.4, -0.2) is 50.0 Å². The zero-order valence-electron chi connectivity index (χ0n) is 28.6. The second-order valence-electron chi connectivity index (χ2n) is 11.0. The Kier molecular flexibility index (Phi) is 12.2. The fourth-order valence-electron chi connectivity index (χ4n) is 5.35. The van der Waals surface area contributed by atoms with Crippen molar-refractivity contribution >= 4 is 41.0 Å². The SMILES string of the molecule is CCOC(=O)C1=C(C)N=c2s/c(=C\c3cc(Cl)c(OCc4ccc(F)cc4)c(OCC)c3)c(=O)n2[C@H]1c1ccc(OCC(=O)OC)c(OCC)c1. The number of carbonyl (C=O) groups is 2. The molecule has 1 aliphatic heterocycles. The number of allylic oxidation sites excluding steroid dienone is 1. The number of thiazole rings is 1. The molecule has 0 spiro atoms. The highest BCUT2D eigenvalue weighted by Gasteiger charge is 2.34. The minimum absolute atomic E-state index is 0.115. The summed E-state index contributed by atoms with van der Waals surface area (Å²) in [6.45, 7) is 7.50. The zero-order chi connectivity index (χ0) is 36.7. The minimum atomic E-state index is -0.930. The van der Waals surface area contributed by atoms with Crippen LogP contribution in [-0.2, 0) is 25.7 Å². The Morgan fingerprint density at radius 3 is 2.35 bits per heavy atom. The molecule has 1 aliphatic rings. The highest BCUT2D eigenvalue weighted by Crippen LogP contribution is 2.38. The third-order valence-corrected chi connectivity index (χ3v) is 8.86. The fourth-order valence-corrected chi connectivity index (χ4v) is 6.67. The molecule has 3 aromatic carbocycles. The third-order valence-electron chi connectivity index (χ3n) is 7.60. The van der Waals surface area contributed by atoms with E-state index in [4.69, 9.17) is 35.3 Å². The Morgan fingerprint density at radius 2 is 1.67 bits per heavy atom. The Labute approximate surface area is 302 Å². The van der Waals surface area contributed by atoms with Gasteiger partial charge in [-0.25, -0.2) is 19.0 Å². The first-order chi connectivity index (χ1) is 24.6. The van der Waals surface area contributed by atoms with E-state index >= 15 is 0 Å². The molecule has 11 nitrogen and oxygen atoms in total. The first-order valence-corrected chi connectivity index (χ1v) is 17.3. The van der Waals surface area contributed by atoms with Crippen molar-refractivity contribution < 1.29 is 42.4 Å². The normalized spacial score (nSPS) is 14.0. The number of rotatable bonds is 14. The van der Waals surface area contributed by atoms with E-state index < -0.39 is 23.5 Å². The van der Waals surface area contributed by atoms with Crippen LogP contribution in [0.3, 0.4) is 0 Å². The monoisotopic (exact) mass is 738 g/mol. The first kappa shape index (κ1) is 37.1. The van der Waals surface area contributed by atoms with Gasteiger partial charge in [0, 0.05) is 0 Å². The average Bonchev–Trinajstić information content (AvgIpc) is 3.41. The van der Waals surface area contributed by atoms with Crippen molar-refractivity contribution in [2.45, 2.75) is 40.3 Å². The number of hydrogen-bond donors (Lipinski definition) is 0. The first-order valence-electron chi connectivity index (χ1n) is 16.1. The molecule has 0 bridgehead atoms. The predicted octanol–water partition coefficient (Wildman–Crippen LogP) is 5.52. The van der Waals surface area contributed by atoms with Gasteiger partial charge in [0.2, 0.25) is 0 Å². The van der Waals surface area contributed by atoms with Crippen LogP contribution >= 0.6 is 22.9 Å². The summed E-state index contributed by atoms with van der Waals surface area (Å²) in [5.74, 6) is -0.287. The number of fused-ring (bicyclic) bond motifs is 1. The molecular weight excluding hydrogens is 703 g/mol. The third kappa shape index (κ3) is 8.43. The number of ether oxygens (including phenoxy) is 6. The number of methoxy groups -OCH3 is 1. The molecule has 0 radical (unpaired) electrons. The maximum atomic E-state index is 14.3. The molecule has 0 fully saturated rings. The van der Waals surface area contributed by atoms with Gasteiger partial charge in [0.05, 0.1) is 53.8 Å². The lowest BCUT2D eigenvalue weighted by molar-refractivity contribution is -0.143. The summed E-state index contributed by atoms with van der Waals surface area (Å²) < 4.78 is 48.5. The molecule has 51 heavy (non-hydrogen) atoms. The van der Waals surface area contributed by atoms with Gasteiger partial charge in [-0.15, -0.1) is 0 Å². The Hall–Kier alpha value is -5.14. The Bertz CT molecular complexity index is 2140. The predicted molar refractivity (Wildman–Crippen MR) is 189 cm³/mol. The summed E-state index contributed by atoms with van der Waals surface area (Å²) in [4.78, 5) is 44.4. The van der Waals surface area contributed by atoms with E-state index in [0.29, 0.717) is 50.0 Å². The maximum absolute atomic E-state index is 14.3. The summed E-state index contributed by atoms with van der Waals surface area (Å²) in [6, 6.07) is 13.3. The van der Waals surface area contributed by atoms with Crippen LogP contribution in [0.4, 0.5) is 4.39 Å². The number of esters is 2. The van der Waals surface area contributed by atoms with Crippen molar-refractivity contribution in [3.63, 3.8) is 0 Å². The molecule has 0 N–H and O–H groups in total. The topological polar surface area (TPSA) is 124 Å². The van der Waals surface area contributed by atoms with Crippen LogP contribution < -0.4 is 33.8 Å². The van der Waals surface area contributed by atoms with Gasteiger partial charge in [-0.1, -0.05) is 41.1 Å². The van der Waals surface area contributed by atoms with Crippen LogP contribution in [0.15, 0.2) is 75.7 Å². The van der Waals surface area contributed by atoms with Crippen LogP contribution in [0, 0.1) is 5.82 Å². The smallest absolute Gasteiger partial charge is 0.343 e. The molecule has 5 rings (SSSR count). The molecule has 1 aromatic heterocycles. The van der Waals surface area contributed by atoms with Crippen LogP contribution in [0.5, 0.6) is 23.0 Å². The Morgan fingerprint density at radius 1 is 0.941 bits per heavy atom. The molecule has 1 atom stereocenters. The minimum Gasteiger partial charge on any atom is -0.490 e. The van der Waals surface area contributed by atoms with Crippen LogP contribution in [0.2, 0.25) is 5.02 Å². The largest absolute Gasteiger partial charge is 0.490 e. The van der Waals surface area contributed by atoms with E-state index in [-0.39, 0.29) is 48.6 Å². The molecule has 2 heterocycles. The standard InChI is InChI=1S/C37H36ClFN2O9S/c1-6-46-28-18-24(11-14-27(28)49-20-31(42)45-5)33-32(36(44)48-8-3)21(4)40-37-41(33)35(43)30(51-37)17-23-15-26(38)34(29(16-23)47-7-2)50-19-22-9-12-25(39)13-10-22/h9-18,33H,6-8,19-20H2,1-5H3/b30-17-/t33-/m0/s1. The van der Waals surface area contributed by atoms with Gasteiger partial charge in [0.15, 0.2) is 34.4 Å². The van der Waals surface area contributed by atoms with E-state index in [1.54, 1.807) is 69.3 Å². The maximum Gasteiger partial charge on any atom is 0.343 e. The van der Waals surface area contributed by atoms with Crippen molar-refractivity contribution in [2.24, 2.45) is 4.99 Å². The molecule has 0 saturated carbocycles. The van der Waals surface area contributed by atoms with Gasteiger partial charge in [-0.2, -0.15) is 0 Å². The van der Waals surface area contributed by atoms with E-state index in [1.165, 1.54) is 23.8 Å². The number of nitrogens with zero attached hydrogens (tertiary/aromatic N) is 2. The lowest BCUT2D eigenvalue weighted by Gasteiger charge is -2.25. The van der Waals surface area contributed by atoms with Gasteiger partial charge >= 0.3 is 11.9 Å². The highest BCUT2D eigenvalue weighted by molar-refractivity contribution is 7.07. The summed E-state index contributed by atoms with van der Waals surface area (Å²) in [7, 11) is 1.26. The summed E-state index contributed by atoms with van der Waals surface area (Å²) in [5, 5.41) is 0.248. The summed E-state index contributed by atoms with van der Waals surface area (Å²) in [5.41, 5.74) is 1.99. The average molecular weight is 739 g/mol. The van der Waals surface area contributed by atoms with Gasteiger partial charge in [-0.3, -0.25) is 9.36 Å². The highest BCUT2D eigenvalue weighted by atomic mass is 35.5. The molecule has 0 aliphatic carbocycles. The molecule has 0 saturated heterocycles. The van der Waals surface area contributed by atoms with E-state index in [1.807, 2.05) is 6.92 Å². The lowest BCUT2D eigenvalue weighted by Crippen LogP contribution is -2.40. The van der Waals surface area contributed by atoms with Crippen molar-refractivity contribution in [1.29, 1.82) is 0 Å². The van der Waals surface area contributed by atoms with Crippen molar-refractivity contribution in [2.75, 3.05) is 33.5 Å². The lowest BCUT2D eigenvalue weighted by atomic mass is 9.95. The van der Waals surface area contributed by atoms with Crippen molar-refractivity contribution in [3.05, 3.63) is 113 Å². The number of halogens is 2. The van der Waals surface area contributed by atoms with E-state index in [0.717, 1.165) is 16.9 Å². The van der Waals surface area contributed by atoms with Gasteiger partial charge in [0.1, 0.15) is 12.4 Å². The number of benzene rings is 3. The molecule has 14 heteroatoms. The molecule has 268 valence electrons. The van der Waals surface area contributed by atoms with Gasteiger partial charge in [-0.05, 0) is 86.9 Å². The quantitative estimate of drug-likeness (QED) is 0.154. The molecule has 0 unspecified atom stereocenters. The second kappa shape index (κ2) is 16.7. The fraction of sp³-hybridized carbons (Fsp3) is 0.297. The van der Waals surface area contributed by atoms with Crippen LogP contribution in [0.1, 0.15) is 50.4 Å². The number of hydrogen-bond acceptors (Lipinski definition) is 11. The van der Waals surface area contributed by atoms with Crippen molar-refractivity contribution in [3.8, 4) is 23.0 Å². The van der Waals surface area contributed by atoms with Gasteiger partial charge in [0.25, 0.3) is 5.56 Å². The molecule has 4 aromatic rings. The number of carbonyl (C=O) groups excluding carboxylic acids is 2. The summed E-state index contributed by atoms with van der Waals surface area (Å²) in [6.07, 6.45) is 1.66. The van der Waals surface area contributed by atoms with Crippen molar-refractivity contribution in [1.82, 2.24) is 4.57 Å². The van der Waals surface area contributed by atoms with E-state index in [9.17, 15) is 18.8 Å². The van der Waals surface area contributed by atoms with E-state index in [2.05, 4.69) is 9.73 Å². The van der Waals surface area contributed by atoms with Gasteiger partial charge < -0.3 is 28.4 Å². The number of aromatic nitrogens is 1. The second-order valence-corrected chi connectivity index (χ2v) is 12.4. The summed E-state index contributed by atoms with van der Waals surface area (Å²) >= 11 is 7.83. The molecular formula is C37H36ClFN2O9S.